The predicted molar refractivity (Wildman–Crippen MR) is 203 cm³/mol. The predicted octanol–water partition coefficient (Wildman–Crippen LogP) is 14.5. The zero-order valence-electron chi connectivity index (χ0n) is 27.4. The van der Waals surface area contributed by atoms with Crippen molar-refractivity contribution in [2.75, 3.05) is 11.5 Å². The standard InChI is InChI=1S/2C18H38S.2CH4.Sn/c2*1-2-3-4-5-6-7-8-9-10-11-12-13-14-15-16-17-18-19;;;/h2*19H,2-18H2,1H3;2*1H4;/q;;;;+2/p-2. The third-order valence-electron chi connectivity index (χ3n) is 8.00. The Morgan fingerprint density at radius 1 is 0.244 bits per heavy atom. The Bertz CT molecular complexity index is 298. The van der Waals surface area contributed by atoms with Gasteiger partial charge >= 0.3 is 23.9 Å². The molecule has 0 saturated carbocycles. The fourth-order valence-corrected chi connectivity index (χ4v) is 5.71. The maximum absolute atomic E-state index is 4.95. The molecule has 0 aliphatic rings. The van der Waals surface area contributed by atoms with Gasteiger partial charge in [-0.3, -0.25) is 0 Å². The summed E-state index contributed by atoms with van der Waals surface area (Å²) >= 11 is 9.90. The second kappa shape index (κ2) is 54.0. The average molecular weight is 722 g/mol. The largest absolute Gasteiger partial charge is 2.00 e. The van der Waals surface area contributed by atoms with Gasteiger partial charge in [0.05, 0.1) is 0 Å². The smallest absolute Gasteiger partial charge is 0.793 e. The summed E-state index contributed by atoms with van der Waals surface area (Å²) in [6.07, 6.45) is 45.9. The van der Waals surface area contributed by atoms with Crippen LogP contribution in [-0.4, -0.2) is 35.4 Å². The van der Waals surface area contributed by atoms with Crippen molar-refractivity contribution in [1.82, 2.24) is 0 Å². The summed E-state index contributed by atoms with van der Waals surface area (Å²) < 4.78 is 0. The summed E-state index contributed by atoms with van der Waals surface area (Å²) in [7, 11) is 0. The number of hydrogen-bond donors (Lipinski definition) is 0. The van der Waals surface area contributed by atoms with Crippen LogP contribution in [0.3, 0.4) is 0 Å². The summed E-state index contributed by atoms with van der Waals surface area (Å²) in [5.41, 5.74) is 0. The second-order valence-corrected chi connectivity index (χ2v) is 12.8. The van der Waals surface area contributed by atoms with Crippen molar-refractivity contribution in [2.24, 2.45) is 0 Å². The van der Waals surface area contributed by atoms with Crippen molar-refractivity contribution in [3.63, 3.8) is 0 Å². The summed E-state index contributed by atoms with van der Waals surface area (Å²) in [6.45, 7) is 4.58. The fraction of sp³-hybridized carbons (Fsp3) is 1.00. The first-order valence-corrected chi connectivity index (χ1v) is 19.1. The van der Waals surface area contributed by atoms with Gasteiger partial charge in [0.25, 0.3) is 0 Å². The Morgan fingerprint density at radius 3 is 0.488 bits per heavy atom. The van der Waals surface area contributed by atoms with Gasteiger partial charge in [-0.25, -0.2) is 0 Å². The molecule has 0 bridgehead atoms. The molecular formula is C38H82S2Sn. The van der Waals surface area contributed by atoms with Crippen molar-refractivity contribution in [3.8, 4) is 0 Å². The summed E-state index contributed by atoms with van der Waals surface area (Å²) in [5, 5.41) is 0. The van der Waals surface area contributed by atoms with E-state index in [0.29, 0.717) is 0 Å². The summed E-state index contributed by atoms with van der Waals surface area (Å²) in [5.74, 6) is 1.91. The fourth-order valence-electron chi connectivity index (χ4n) is 5.30. The zero-order chi connectivity index (χ0) is 28.0. The van der Waals surface area contributed by atoms with E-state index in [9.17, 15) is 0 Å². The first-order chi connectivity index (χ1) is 18.8. The molecule has 0 saturated heterocycles. The SMILES string of the molecule is C.C.CCCCCCCCCCCCCCCCCC[S-].CCCCCCCCCCCCCCCCCC[S-].[Sn+2]. The molecule has 0 heterocycles. The van der Waals surface area contributed by atoms with Crippen LogP contribution in [0.4, 0.5) is 0 Å². The third kappa shape index (κ3) is 57.7. The Labute approximate surface area is 293 Å². The minimum Gasteiger partial charge on any atom is -0.793 e. The molecule has 0 atom stereocenters. The van der Waals surface area contributed by atoms with Crippen molar-refractivity contribution in [1.29, 1.82) is 0 Å². The normalized spacial score (nSPS) is 10.2. The van der Waals surface area contributed by atoms with E-state index < -0.39 is 0 Å². The molecule has 250 valence electrons. The molecule has 2 radical (unpaired) electrons. The molecule has 0 N–H and O–H groups in total. The molecule has 0 nitrogen and oxygen atoms in total. The van der Waals surface area contributed by atoms with E-state index in [4.69, 9.17) is 25.3 Å². The zero-order valence-corrected chi connectivity index (χ0v) is 31.8. The number of hydrogen-bond acceptors (Lipinski definition) is 2. The minimum absolute atomic E-state index is 0. The van der Waals surface area contributed by atoms with Crippen LogP contribution in [0.5, 0.6) is 0 Å². The van der Waals surface area contributed by atoms with E-state index in [2.05, 4.69) is 13.8 Å². The summed E-state index contributed by atoms with van der Waals surface area (Å²) in [6, 6.07) is 0. The quantitative estimate of drug-likeness (QED) is 0.0385. The maximum Gasteiger partial charge on any atom is 2.00 e. The Morgan fingerprint density at radius 2 is 0.366 bits per heavy atom. The Hall–Kier alpha value is 1.50. The minimum atomic E-state index is 0. The molecule has 0 spiro atoms. The van der Waals surface area contributed by atoms with Gasteiger partial charge in [-0.1, -0.05) is 234 Å². The molecule has 41 heavy (non-hydrogen) atoms. The van der Waals surface area contributed by atoms with Gasteiger partial charge in [0.2, 0.25) is 0 Å². The molecule has 0 unspecified atom stereocenters. The first kappa shape index (κ1) is 52.0. The van der Waals surface area contributed by atoms with E-state index in [-0.39, 0.29) is 38.8 Å². The van der Waals surface area contributed by atoms with Crippen LogP contribution in [0.15, 0.2) is 0 Å². The van der Waals surface area contributed by atoms with Gasteiger partial charge in [-0.05, 0) is 0 Å². The number of rotatable bonds is 32. The van der Waals surface area contributed by atoms with E-state index in [1.807, 2.05) is 0 Å². The van der Waals surface area contributed by atoms with Crippen LogP contribution in [0, 0.1) is 0 Å². The summed E-state index contributed by atoms with van der Waals surface area (Å²) in [4.78, 5) is 0. The molecular weight excluding hydrogens is 639 g/mol. The third-order valence-corrected chi connectivity index (χ3v) is 8.57. The van der Waals surface area contributed by atoms with Crippen molar-refractivity contribution >= 4 is 49.2 Å². The van der Waals surface area contributed by atoms with Crippen LogP contribution >= 0.6 is 0 Å². The van der Waals surface area contributed by atoms with Gasteiger partial charge in [-0.2, -0.15) is 11.5 Å². The molecule has 0 aliphatic carbocycles. The molecule has 0 aromatic heterocycles. The van der Waals surface area contributed by atoms with E-state index >= 15 is 0 Å². The molecule has 0 amide bonds. The second-order valence-electron chi connectivity index (χ2n) is 12.0. The monoisotopic (exact) mass is 722 g/mol. The first-order valence-electron chi connectivity index (χ1n) is 18.0. The molecule has 0 rings (SSSR count). The van der Waals surface area contributed by atoms with Gasteiger partial charge in [0, 0.05) is 0 Å². The molecule has 0 aliphatic heterocycles. The maximum atomic E-state index is 4.95. The van der Waals surface area contributed by atoms with Gasteiger partial charge in [0.1, 0.15) is 0 Å². The van der Waals surface area contributed by atoms with Crippen LogP contribution in [0.25, 0.3) is 0 Å². The molecule has 0 aromatic carbocycles. The molecule has 0 aromatic rings. The van der Waals surface area contributed by atoms with Crippen molar-refractivity contribution in [2.45, 2.75) is 234 Å². The van der Waals surface area contributed by atoms with Gasteiger partial charge < -0.3 is 25.3 Å². The topological polar surface area (TPSA) is 0 Å². The average Bonchev–Trinajstić information content (AvgIpc) is 2.93. The van der Waals surface area contributed by atoms with E-state index in [1.54, 1.807) is 0 Å². The van der Waals surface area contributed by atoms with Crippen LogP contribution < -0.4 is 0 Å². The van der Waals surface area contributed by atoms with Crippen LogP contribution in [0.2, 0.25) is 0 Å². The van der Waals surface area contributed by atoms with Gasteiger partial charge in [0.15, 0.2) is 0 Å². The van der Waals surface area contributed by atoms with Gasteiger partial charge in [-0.15, -0.1) is 0 Å². The Balaban J connectivity index is -0.000000196. The van der Waals surface area contributed by atoms with Crippen molar-refractivity contribution in [3.05, 3.63) is 0 Å². The van der Waals surface area contributed by atoms with Crippen molar-refractivity contribution < 1.29 is 0 Å². The molecule has 0 fully saturated rings. The Kier molecular flexibility index (Phi) is 68.6. The number of unbranched alkanes of at least 4 members (excludes halogenated alkanes) is 30. The van der Waals surface area contributed by atoms with E-state index in [0.717, 1.165) is 11.5 Å². The van der Waals surface area contributed by atoms with E-state index in [1.165, 1.54) is 205 Å². The van der Waals surface area contributed by atoms with Crippen LogP contribution in [-0.2, 0) is 25.3 Å². The molecule has 3 heteroatoms. The van der Waals surface area contributed by atoms with Crippen LogP contribution in [0.1, 0.15) is 234 Å².